The Kier molecular flexibility index (Phi) is 3.90. The van der Waals surface area contributed by atoms with E-state index in [0.29, 0.717) is 12.4 Å². The number of hydrogen-bond donors (Lipinski definition) is 0. The number of carbonyl (C=O) groups excluding carboxylic acids is 1. The highest BCUT2D eigenvalue weighted by Gasteiger charge is 2.21. The maximum Gasteiger partial charge on any atom is 0.274 e. The van der Waals surface area contributed by atoms with E-state index in [1.54, 1.807) is 16.9 Å². The first-order valence-electron chi connectivity index (χ1n) is 7.25. The van der Waals surface area contributed by atoms with Gasteiger partial charge in [-0.2, -0.15) is 5.10 Å². The van der Waals surface area contributed by atoms with Crippen molar-refractivity contribution < 1.29 is 9.53 Å². The molecule has 5 heteroatoms. The fourth-order valence-corrected chi connectivity index (χ4v) is 2.48. The van der Waals surface area contributed by atoms with Gasteiger partial charge in [-0.15, -0.1) is 0 Å². The number of ether oxygens (including phenoxy) is 1. The third-order valence-electron chi connectivity index (χ3n) is 3.70. The highest BCUT2D eigenvalue weighted by Crippen LogP contribution is 2.17. The average molecular weight is 285 g/mol. The van der Waals surface area contributed by atoms with E-state index in [1.807, 2.05) is 36.1 Å². The molecule has 3 rings (SSSR count). The summed E-state index contributed by atoms with van der Waals surface area (Å²) in [6, 6.07) is 9.59. The van der Waals surface area contributed by atoms with Crippen LogP contribution in [0.1, 0.15) is 28.9 Å². The fourth-order valence-electron chi connectivity index (χ4n) is 2.48. The molecule has 1 aliphatic heterocycles. The molecule has 21 heavy (non-hydrogen) atoms. The quantitative estimate of drug-likeness (QED) is 0.867. The minimum atomic E-state index is 0.0159. The van der Waals surface area contributed by atoms with Crippen LogP contribution in [0.25, 0.3) is 0 Å². The smallest absolute Gasteiger partial charge is 0.274 e. The molecule has 110 valence electrons. The topological polar surface area (TPSA) is 47.4 Å². The number of para-hydroxylation sites is 1. The van der Waals surface area contributed by atoms with Crippen LogP contribution in [-0.4, -0.2) is 33.7 Å². The van der Waals surface area contributed by atoms with Gasteiger partial charge in [0.1, 0.15) is 5.75 Å². The number of likely N-dealkylation sites (tertiary alicyclic amines) is 1. The Hall–Kier alpha value is -2.30. The number of aryl methyl sites for hydroxylation is 1. The van der Waals surface area contributed by atoms with Gasteiger partial charge in [-0.25, -0.2) is 4.68 Å². The molecule has 1 saturated heterocycles. The van der Waals surface area contributed by atoms with E-state index in [9.17, 15) is 4.79 Å². The van der Waals surface area contributed by atoms with Crippen LogP contribution in [0.3, 0.4) is 0 Å². The molecule has 1 aromatic heterocycles. The number of carbonyl (C=O) groups is 1. The molecule has 1 aliphatic rings. The Morgan fingerprint density at radius 2 is 2.00 bits per heavy atom. The Morgan fingerprint density at radius 3 is 2.76 bits per heavy atom. The lowest BCUT2D eigenvalue weighted by Gasteiger charge is -2.13. The van der Waals surface area contributed by atoms with E-state index in [1.165, 1.54) is 0 Å². The van der Waals surface area contributed by atoms with Crippen LogP contribution in [0.15, 0.2) is 36.5 Å². The normalized spacial score (nSPS) is 14.4. The summed E-state index contributed by atoms with van der Waals surface area (Å²) in [6.45, 7) is 3.98. The van der Waals surface area contributed by atoms with Gasteiger partial charge < -0.3 is 9.64 Å². The molecule has 0 saturated carbocycles. The number of hydrogen-bond acceptors (Lipinski definition) is 3. The summed E-state index contributed by atoms with van der Waals surface area (Å²) in [5.74, 6) is 0.850. The van der Waals surface area contributed by atoms with Gasteiger partial charge in [0.15, 0.2) is 12.4 Å². The lowest BCUT2D eigenvalue weighted by molar-refractivity contribution is 0.0785. The highest BCUT2D eigenvalue weighted by molar-refractivity contribution is 5.92. The number of rotatable bonds is 4. The molecule has 2 heterocycles. The standard InChI is InChI=1S/C16H19N3O2/c1-13-6-2-3-7-15(13)21-12-19-11-8-14(17-19)16(20)18-9-4-5-10-18/h2-3,6-8,11H,4-5,9-10,12H2,1H3. The van der Waals surface area contributed by atoms with Gasteiger partial charge in [0, 0.05) is 19.3 Å². The highest BCUT2D eigenvalue weighted by atomic mass is 16.5. The second kappa shape index (κ2) is 5.99. The first kappa shape index (κ1) is 13.7. The summed E-state index contributed by atoms with van der Waals surface area (Å²) in [5, 5.41) is 4.30. The summed E-state index contributed by atoms with van der Waals surface area (Å²) in [7, 11) is 0. The van der Waals surface area contributed by atoms with Crippen molar-refractivity contribution in [3.8, 4) is 5.75 Å². The number of nitrogens with zero attached hydrogens (tertiary/aromatic N) is 3. The Bertz CT molecular complexity index is 630. The summed E-state index contributed by atoms with van der Waals surface area (Å²) in [4.78, 5) is 14.1. The molecule has 1 aromatic carbocycles. The van der Waals surface area contributed by atoms with E-state index in [2.05, 4.69) is 5.10 Å². The molecule has 0 bridgehead atoms. The number of benzene rings is 1. The second-order valence-electron chi connectivity index (χ2n) is 5.28. The summed E-state index contributed by atoms with van der Waals surface area (Å²) in [5.41, 5.74) is 1.57. The van der Waals surface area contributed by atoms with Gasteiger partial charge in [0.25, 0.3) is 5.91 Å². The molecule has 0 unspecified atom stereocenters. The zero-order valence-electron chi connectivity index (χ0n) is 12.2. The molecule has 0 aliphatic carbocycles. The van der Waals surface area contributed by atoms with Crippen LogP contribution in [0.5, 0.6) is 5.75 Å². The van der Waals surface area contributed by atoms with Crippen LogP contribution in [-0.2, 0) is 6.73 Å². The van der Waals surface area contributed by atoms with Gasteiger partial charge in [-0.1, -0.05) is 18.2 Å². The van der Waals surface area contributed by atoms with Crippen LogP contribution in [0, 0.1) is 6.92 Å². The van der Waals surface area contributed by atoms with E-state index in [0.717, 1.165) is 37.2 Å². The van der Waals surface area contributed by atoms with Crippen molar-refractivity contribution in [1.82, 2.24) is 14.7 Å². The zero-order chi connectivity index (χ0) is 14.7. The van der Waals surface area contributed by atoms with Crippen molar-refractivity contribution in [2.75, 3.05) is 13.1 Å². The van der Waals surface area contributed by atoms with E-state index < -0.39 is 0 Å². The van der Waals surface area contributed by atoms with E-state index >= 15 is 0 Å². The summed E-state index contributed by atoms with van der Waals surface area (Å²) < 4.78 is 7.37. The average Bonchev–Trinajstić information content (AvgIpc) is 3.17. The molecule has 1 fully saturated rings. The molecule has 0 spiro atoms. The van der Waals surface area contributed by atoms with Crippen LogP contribution in [0.2, 0.25) is 0 Å². The summed E-state index contributed by atoms with van der Waals surface area (Å²) >= 11 is 0. The van der Waals surface area contributed by atoms with Crippen molar-refractivity contribution in [3.63, 3.8) is 0 Å². The first-order chi connectivity index (χ1) is 10.2. The second-order valence-corrected chi connectivity index (χ2v) is 5.28. The largest absolute Gasteiger partial charge is 0.471 e. The molecular weight excluding hydrogens is 266 g/mol. The van der Waals surface area contributed by atoms with Crippen LogP contribution in [0.4, 0.5) is 0 Å². The lowest BCUT2D eigenvalue weighted by atomic mass is 10.2. The minimum absolute atomic E-state index is 0.0159. The fraction of sp³-hybridized carbons (Fsp3) is 0.375. The molecule has 5 nitrogen and oxygen atoms in total. The van der Waals surface area contributed by atoms with Gasteiger partial charge in [-0.05, 0) is 37.5 Å². The van der Waals surface area contributed by atoms with E-state index in [4.69, 9.17) is 4.74 Å². The van der Waals surface area contributed by atoms with Gasteiger partial charge in [0.05, 0.1) is 0 Å². The van der Waals surface area contributed by atoms with Crippen molar-refractivity contribution in [2.24, 2.45) is 0 Å². The molecule has 0 N–H and O–H groups in total. The maximum atomic E-state index is 12.2. The SMILES string of the molecule is Cc1ccccc1OCn1ccc(C(=O)N2CCCC2)n1. The van der Waals surface area contributed by atoms with Crippen molar-refractivity contribution in [2.45, 2.75) is 26.5 Å². The number of amides is 1. The zero-order valence-corrected chi connectivity index (χ0v) is 12.2. The molecular formula is C16H19N3O2. The molecule has 0 radical (unpaired) electrons. The predicted octanol–water partition coefficient (Wildman–Crippen LogP) is 2.46. The number of aromatic nitrogens is 2. The van der Waals surface area contributed by atoms with Crippen LogP contribution >= 0.6 is 0 Å². The Labute approximate surface area is 124 Å². The third-order valence-corrected chi connectivity index (χ3v) is 3.70. The predicted molar refractivity (Wildman–Crippen MR) is 79.2 cm³/mol. The molecule has 2 aromatic rings. The maximum absolute atomic E-state index is 12.2. The third kappa shape index (κ3) is 3.07. The van der Waals surface area contributed by atoms with Crippen molar-refractivity contribution in [3.05, 3.63) is 47.8 Å². The Balaban J connectivity index is 1.62. The van der Waals surface area contributed by atoms with Crippen molar-refractivity contribution >= 4 is 5.91 Å². The van der Waals surface area contributed by atoms with Gasteiger partial charge in [-0.3, -0.25) is 4.79 Å². The lowest BCUT2D eigenvalue weighted by Crippen LogP contribution is -2.28. The molecule has 0 atom stereocenters. The van der Waals surface area contributed by atoms with Crippen LogP contribution < -0.4 is 4.74 Å². The van der Waals surface area contributed by atoms with Gasteiger partial charge >= 0.3 is 0 Å². The Morgan fingerprint density at radius 1 is 1.24 bits per heavy atom. The monoisotopic (exact) mass is 285 g/mol. The molecule has 1 amide bonds. The minimum Gasteiger partial charge on any atom is -0.471 e. The summed E-state index contributed by atoms with van der Waals surface area (Å²) in [6.07, 6.45) is 3.95. The van der Waals surface area contributed by atoms with E-state index in [-0.39, 0.29) is 5.91 Å². The first-order valence-corrected chi connectivity index (χ1v) is 7.25. The van der Waals surface area contributed by atoms with Gasteiger partial charge in [0.2, 0.25) is 0 Å². The van der Waals surface area contributed by atoms with Crippen molar-refractivity contribution in [1.29, 1.82) is 0 Å².